The van der Waals surface area contributed by atoms with Crippen LogP contribution < -0.4 is 15.0 Å². The van der Waals surface area contributed by atoms with Gasteiger partial charge in [0, 0.05) is 33.5 Å². The van der Waals surface area contributed by atoms with Crippen LogP contribution in [-0.2, 0) is 9.53 Å². The molecule has 1 amide bonds. The van der Waals surface area contributed by atoms with Crippen molar-refractivity contribution >= 4 is 66.5 Å². The molecule has 9 nitrogen and oxygen atoms in total. The van der Waals surface area contributed by atoms with Gasteiger partial charge < -0.3 is 19.1 Å². The summed E-state index contributed by atoms with van der Waals surface area (Å²) in [6.07, 6.45) is 2.31. The Morgan fingerprint density at radius 2 is 1.97 bits per heavy atom. The van der Waals surface area contributed by atoms with Crippen molar-refractivity contribution < 1.29 is 19.0 Å². The van der Waals surface area contributed by atoms with Crippen molar-refractivity contribution in [3.63, 3.8) is 0 Å². The number of carbonyl (C=O) groups excluding carboxylic acids is 1. The number of ether oxygens (including phenoxy) is 3. The number of aromatic nitrogens is 2. The predicted octanol–water partition coefficient (Wildman–Crippen LogP) is 5.61. The first-order valence-corrected chi connectivity index (χ1v) is 14.6. The number of benzene rings is 2. The third-order valence-corrected chi connectivity index (χ3v) is 8.29. The minimum Gasteiger partial charge on any atom is -0.490 e. The molecular formula is C27H29Br2ClN4O5. The van der Waals surface area contributed by atoms with Gasteiger partial charge >= 0.3 is 0 Å². The van der Waals surface area contributed by atoms with E-state index in [1.807, 2.05) is 32.9 Å². The van der Waals surface area contributed by atoms with E-state index in [2.05, 4.69) is 37.0 Å². The standard InChI is InChI=1S/C27H29Br2ClN4O5/c1-4-16(3)26-32-20-7-6-18(28)13-19(20)27(36)34(26)31-14-17-12-21(38-5-2)25(24(30)23(17)29)39-15-22(35)33-8-10-37-11-9-33/h6-7,12-14,16H,4-5,8-11,15H2,1-3H3/t16-/m1/s1. The molecule has 1 aromatic heterocycles. The Morgan fingerprint density at radius 3 is 2.67 bits per heavy atom. The highest BCUT2D eigenvalue weighted by molar-refractivity contribution is 9.10. The fraction of sp³-hybridized carbons (Fsp3) is 0.407. The summed E-state index contributed by atoms with van der Waals surface area (Å²) in [4.78, 5) is 32.5. The lowest BCUT2D eigenvalue weighted by Gasteiger charge is -2.27. The van der Waals surface area contributed by atoms with Gasteiger partial charge in [0.1, 0.15) is 10.8 Å². The molecule has 208 valence electrons. The van der Waals surface area contributed by atoms with Gasteiger partial charge in [-0.25, -0.2) is 4.98 Å². The fourth-order valence-electron chi connectivity index (χ4n) is 4.03. The molecule has 1 aliphatic rings. The van der Waals surface area contributed by atoms with Crippen LogP contribution in [0.4, 0.5) is 0 Å². The van der Waals surface area contributed by atoms with E-state index < -0.39 is 0 Å². The molecule has 1 aliphatic heterocycles. The highest BCUT2D eigenvalue weighted by Gasteiger charge is 2.22. The van der Waals surface area contributed by atoms with Gasteiger partial charge in [0.25, 0.3) is 11.5 Å². The SMILES string of the molecule is CCOc1cc(C=Nn2c([C@H](C)CC)nc3ccc(Br)cc3c2=O)c(Br)c(Cl)c1OCC(=O)N1CCOCC1. The summed E-state index contributed by atoms with van der Waals surface area (Å²) < 4.78 is 19.5. The molecule has 2 aromatic carbocycles. The first-order chi connectivity index (χ1) is 18.7. The van der Waals surface area contributed by atoms with E-state index in [4.69, 9.17) is 30.8 Å². The molecule has 4 rings (SSSR count). The number of carbonyl (C=O) groups is 1. The monoisotopic (exact) mass is 682 g/mol. The highest BCUT2D eigenvalue weighted by atomic mass is 79.9. The molecule has 0 unspecified atom stereocenters. The van der Waals surface area contributed by atoms with Gasteiger partial charge in [-0.3, -0.25) is 9.59 Å². The second-order valence-corrected chi connectivity index (χ2v) is 11.0. The summed E-state index contributed by atoms with van der Waals surface area (Å²) in [5.74, 6) is 0.998. The van der Waals surface area contributed by atoms with Gasteiger partial charge in [0.15, 0.2) is 18.1 Å². The van der Waals surface area contributed by atoms with Crippen LogP contribution in [0.3, 0.4) is 0 Å². The number of fused-ring (bicyclic) bond motifs is 1. The Kier molecular flexibility index (Phi) is 10.0. The minimum absolute atomic E-state index is 0.00584. The van der Waals surface area contributed by atoms with Gasteiger partial charge in [0.2, 0.25) is 0 Å². The molecule has 0 N–H and O–H groups in total. The molecule has 12 heteroatoms. The van der Waals surface area contributed by atoms with Crippen LogP contribution >= 0.6 is 43.5 Å². The smallest absolute Gasteiger partial charge is 0.282 e. The zero-order valence-corrected chi connectivity index (χ0v) is 25.8. The Morgan fingerprint density at radius 1 is 1.23 bits per heavy atom. The molecule has 0 spiro atoms. The maximum Gasteiger partial charge on any atom is 0.282 e. The Hall–Kier alpha value is -2.47. The zero-order valence-electron chi connectivity index (χ0n) is 21.9. The molecular weight excluding hydrogens is 656 g/mol. The molecule has 1 atom stereocenters. The zero-order chi connectivity index (χ0) is 28.1. The van der Waals surface area contributed by atoms with Gasteiger partial charge in [-0.15, -0.1) is 0 Å². The first kappa shape index (κ1) is 29.5. The largest absolute Gasteiger partial charge is 0.490 e. The lowest BCUT2D eigenvalue weighted by molar-refractivity contribution is -0.137. The van der Waals surface area contributed by atoms with Crippen LogP contribution in [0.15, 0.2) is 43.1 Å². The molecule has 39 heavy (non-hydrogen) atoms. The summed E-state index contributed by atoms with van der Waals surface area (Å²) in [6.45, 7) is 8.08. The van der Waals surface area contributed by atoms with Crippen molar-refractivity contribution in [2.45, 2.75) is 33.1 Å². The van der Waals surface area contributed by atoms with E-state index in [9.17, 15) is 9.59 Å². The van der Waals surface area contributed by atoms with Crippen molar-refractivity contribution in [1.82, 2.24) is 14.6 Å². The van der Waals surface area contributed by atoms with Gasteiger partial charge in [-0.2, -0.15) is 9.78 Å². The molecule has 0 saturated carbocycles. The van der Waals surface area contributed by atoms with Crippen molar-refractivity contribution in [2.24, 2.45) is 5.10 Å². The number of halogens is 3. The summed E-state index contributed by atoms with van der Waals surface area (Å²) >= 11 is 13.6. The van der Waals surface area contributed by atoms with Crippen molar-refractivity contribution in [3.05, 3.63) is 60.0 Å². The second kappa shape index (κ2) is 13.3. The second-order valence-electron chi connectivity index (χ2n) is 8.94. The fourth-order valence-corrected chi connectivity index (χ4v) is 5.05. The van der Waals surface area contributed by atoms with Crippen LogP contribution in [0.1, 0.15) is 44.5 Å². The molecule has 0 aliphatic carbocycles. The number of morpholine rings is 1. The molecule has 0 bridgehead atoms. The number of rotatable bonds is 9. The Bertz CT molecular complexity index is 1460. The van der Waals surface area contributed by atoms with Crippen molar-refractivity contribution in [3.8, 4) is 11.5 Å². The van der Waals surface area contributed by atoms with Gasteiger partial charge in [-0.05, 0) is 53.5 Å². The predicted molar refractivity (Wildman–Crippen MR) is 159 cm³/mol. The summed E-state index contributed by atoms with van der Waals surface area (Å²) in [7, 11) is 0. The minimum atomic E-state index is -0.276. The van der Waals surface area contributed by atoms with E-state index in [0.29, 0.717) is 65.4 Å². The van der Waals surface area contributed by atoms with E-state index >= 15 is 0 Å². The highest BCUT2D eigenvalue weighted by Crippen LogP contribution is 2.42. The van der Waals surface area contributed by atoms with E-state index in [1.165, 1.54) is 10.9 Å². The number of nitrogens with zero attached hydrogens (tertiary/aromatic N) is 4. The van der Waals surface area contributed by atoms with Crippen LogP contribution in [0.2, 0.25) is 5.02 Å². The molecule has 2 heterocycles. The van der Waals surface area contributed by atoms with Crippen LogP contribution in [0, 0.1) is 0 Å². The lowest BCUT2D eigenvalue weighted by atomic mass is 10.1. The third-order valence-electron chi connectivity index (χ3n) is 6.36. The lowest BCUT2D eigenvalue weighted by Crippen LogP contribution is -2.43. The normalized spacial score (nSPS) is 14.7. The molecule has 1 fully saturated rings. The van der Waals surface area contributed by atoms with Crippen molar-refractivity contribution in [2.75, 3.05) is 39.5 Å². The van der Waals surface area contributed by atoms with E-state index in [1.54, 1.807) is 17.0 Å². The average Bonchev–Trinajstić information content (AvgIpc) is 2.94. The van der Waals surface area contributed by atoms with Crippen LogP contribution in [0.25, 0.3) is 10.9 Å². The average molecular weight is 685 g/mol. The number of hydrogen-bond donors (Lipinski definition) is 0. The summed E-state index contributed by atoms with van der Waals surface area (Å²) in [6, 6.07) is 7.11. The molecule has 1 saturated heterocycles. The van der Waals surface area contributed by atoms with Crippen LogP contribution in [-0.4, -0.2) is 66.2 Å². The Balaban J connectivity index is 1.70. The van der Waals surface area contributed by atoms with Gasteiger partial charge in [-0.1, -0.05) is 41.4 Å². The maximum atomic E-state index is 13.5. The topological polar surface area (TPSA) is 95.2 Å². The van der Waals surface area contributed by atoms with E-state index in [0.717, 1.165) is 10.9 Å². The summed E-state index contributed by atoms with van der Waals surface area (Å²) in [5, 5.41) is 5.22. The van der Waals surface area contributed by atoms with Crippen LogP contribution in [0.5, 0.6) is 11.5 Å². The summed E-state index contributed by atoms with van der Waals surface area (Å²) in [5.41, 5.74) is 0.897. The quantitative estimate of drug-likeness (QED) is 0.272. The first-order valence-electron chi connectivity index (χ1n) is 12.6. The third kappa shape index (κ3) is 6.65. The van der Waals surface area contributed by atoms with E-state index in [-0.39, 0.29) is 34.8 Å². The number of hydrogen-bond acceptors (Lipinski definition) is 7. The van der Waals surface area contributed by atoms with Crippen molar-refractivity contribution in [1.29, 1.82) is 0 Å². The molecule has 0 radical (unpaired) electrons. The molecule has 3 aromatic rings. The maximum absolute atomic E-state index is 13.5. The van der Waals surface area contributed by atoms with Gasteiger partial charge in [0.05, 0.1) is 36.9 Å². The number of amides is 1. The Labute approximate surface area is 248 Å².